The van der Waals surface area contributed by atoms with Gasteiger partial charge in [-0.3, -0.25) is 4.79 Å². The number of carbonyl (C=O) groups excluding carboxylic acids is 1. The molecule has 0 bridgehead atoms. The highest BCUT2D eigenvalue weighted by Gasteiger charge is 2.27. The van der Waals surface area contributed by atoms with Gasteiger partial charge in [-0.05, 0) is 32.1 Å². The van der Waals surface area contributed by atoms with Gasteiger partial charge in [-0.25, -0.2) is 4.79 Å². The first-order chi connectivity index (χ1) is 8.65. The minimum atomic E-state index is -0.841. The average molecular weight is 258 g/mol. The summed E-state index contributed by atoms with van der Waals surface area (Å²) in [5.41, 5.74) is 0. The van der Waals surface area contributed by atoms with Crippen LogP contribution in [0.5, 0.6) is 0 Å². The van der Waals surface area contributed by atoms with E-state index in [4.69, 9.17) is 10.2 Å². The number of carboxylic acid groups (broad SMARTS) is 1. The number of likely N-dealkylation sites (tertiary alicyclic amines) is 1. The van der Waals surface area contributed by atoms with Crippen molar-refractivity contribution in [2.24, 2.45) is 0 Å². The molecule has 1 aliphatic rings. The number of hydrogen-bond donors (Lipinski definition) is 3. The van der Waals surface area contributed by atoms with Crippen LogP contribution < -0.4 is 5.32 Å². The summed E-state index contributed by atoms with van der Waals surface area (Å²) in [6.45, 7) is 1.31. The van der Waals surface area contributed by atoms with Crippen molar-refractivity contribution in [1.29, 1.82) is 0 Å². The summed E-state index contributed by atoms with van der Waals surface area (Å²) in [7, 11) is 0. The molecule has 3 N–H and O–H groups in total. The minimum Gasteiger partial charge on any atom is -0.481 e. The van der Waals surface area contributed by atoms with Crippen LogP contribution in [0.25, 0.3) is 0 Å². The lowest BCUT2D eigenvalue weighted by molar-refractivity contribution is -0.137. The Morgan fingerprint density at radius 1 is 1.33 bits per heavy atom. The van der Waals surface area contributed by atoms with Crippen molar-refractivity contribution in [2.45, 2.75) is 44.6 Å². The molecule has 1 heterocycles. The summed E-state index contributed by atoms with van der Waals surface area (Å²) >= 11 is 0. The van der Waals surface area contributed by atoms with E-state index in [-0.39, 0.29) is 25.1 Å². The summed E-state index contributed by atoms with van der Waals surface area (Å²) in [5.74, 6) is -0.841. The van der Waals surface area contributed by atoms with Crippen molar-refractivity contribution in [3.8, 4) is 0 Å². The summed E-state index contributed by atoms with van der Waals surface area (Å²) in [4.78, 5) is 24.0. The zero-order valence-corrected chi connectivity index (χ0v) is 10.6. The summed E-state index contributed by atoms with van der Waals surface area (Å²) in [6, 6.07) is 0.109. The molecule has 1 aliphatic heterocycles. The smallest absolute Gasteiger partial charge is 0.317 e. The van der Waals surface area contributed by atoms with Gasteiger partial charge in [0.15, 0.2) is 0 Å². The molecule has 0 aromatic carbocycles. The average Bonchev–Trinajstić information content (AvgIpc) is 2.79. The Labute approximate surface area is 107 Å². The summed E-state index contributed by atoms with van der Waals surface area (Å²) in [5, 5.41) is 20.0. The van der Waals surface area contributed by atoms with Crippen LogP contribution in [0.3, 0.4) is 0 Å². The maximum absolute atomic E-state index is 11.9. The summed E-state index contributed by atoms with van der Waals surface area (Å²) < 4.78 is 0. The molecule has 2 amide bonds. The largest absolute Gasteiger partial charge is 0.481 e. The molecule has 0 saturated carbocycles. The van der Waals surface area contributed by atoms with Crippen LogP contribution in [0.15, 0.2) is 0 Å². The third-order valence-corrected chi connectivity index (χ3v) is 3.18. The molecule has 1 unspecified atom stereocenters. The number of aliphatic carboxylic acids is 1. The highest BCUT2D eigenvalue weighted by Crippen LogP contribution is 2.21. The van der Waals surface area contributed by atoms with Gasteiger partial charge < -0.3 is 20.4 Å². The van der Waals surface area contributed by atoms with Crippen molar-refractivity contribution in [2.75, 3.05) is 19.7 Å². The van der Waals surface area contributed by atoms with Gasteiger partial charge in [-0.15, -0.1) is 0 Å². The van der Waals surface area contributed by atoms with E-state index < -0.39 is 5.97 Å². The monoisotopic (exact) mass is 258 g/mol. The van der Waals surface area contributed by atoms with Crippen molar-refractivity contribution in [3.63, 3.8) is 0 Å². The Morgan fingerprint density at radius 2 is 2.11 bits per heavy atom. The lowest BCUT2D eigenvalue weighted by atomic mass is 10.1. The Balaban J connectivity index is 2.24. The van der Waals surface area contributed by atoms with Crippen LogP contribution in [0.1, 0.15) is 38.5 Å². The Kier molecular flexibility index (Phi) is 6.49. The third kappa shape index (κ3) is 4.91. The minimum absolute atomic E-state index is 0.0776. The molecular weight excluding hydrogens is 236 g/mol. The molecule has 1 atom stereocenters. The molecule has 1 rings (SSSR count). The molecule has 6 nitrogen and oxygen atoms in total. The highest BCUT2D eigenvalue weighted by atomic mass is 16.4. The van der Waals surface area contributed by atoms with E-state index in [1.54, 1.807) is 4.90 Å². The molecule has 104 valence electrons. The molecule has 18 heavy (non-hydrogen) atoms. The lowest BCUT2D eigenvalue weighted by Gasteiger charge is -2.24. The fourth-order valence-electron chi connectivity index (χ4n) is 2.27. The fraction of sp³-hybridized carbons (Fsp3) is 0.833. The van der Waals surface area contributed by atoms with E-state index in [1.165, 1.54) is 0 Å². The quantitative estimate of drug-likeness (QED) is 0.589. The van der Waals surface area contributed by atoms with E-state index in [1.807, 2.05) is 0 Å². The lowest BCUT2D eigenvalue weighted by Crippen LogP contribution is -2.43. The van der Waals surface area contributed by atoms with Gasteiger partial charge in [0.25, 0.3) is 0 Å². The van der Waals surface area contributed by atoms with Gasteiger partial charge in [-0.2, -0.15) is 0 Å². The first-order valence-corrected chi connectivity index (χ1v) is 6.52. The molecular formula is C12H22N2O4. The van der Waals surface area contributed by atoms with Gasteiger partial charge in [0.1, 0.15) is 0 Å². The number of carbonyl (C=O) groups is 2. The predicted octanol–water partition coefficient (Wildman–Crippen LogP) is 0.798. The second-order valence-electron chi connectivity index (χ2n) is 4.58. The number of aliphatic hydroxyl groups is 1. The van der Waals surface area contributed by atoms with Crippen molar-refractivity contribution in [1.82, 2.24) is 10.2 Å². The number of nitrogens with zero attached hydrogens (tertiary/aromatic N) is 1. The second-order valence-corrected chi connectivity index (χ2v) is 4.58. The van der Waals surface area contributed by atoms with Crippen molar-refractivity contribution < 1.29 is 19.8 Å². The number of aliphatic hydroxyl groups excluding tert-OH is 1. The number of nitrogens with one attached hydrogen (secondary N) is 1. The van der Waals surface area contributed by atoms with Crippen LogP contribution in [0.4, 0.5) is 4.79 Å². The maximum atomic E-state index is 11.9. The maximum Gasteiger partial charge on any atom is 0.317 e. The number of amides is 2. The highest BCUT2D eigenvalue weighted by molar-refractivity contribution is 5.75. The van der Waals surface area contributed by atoms with E-state index in [0.29, 0.717) is 19.4 Å². The molecule has 1 fully saturated rings. The van der Waals surface area contributed by atoms with Gasteiger partial charge in [0.2, 0.25) is 0 Å². The van der Waals surface area contributed by atoms with E-state index in [2.05, 4.69) is 5.32 Å². The zero-order valence-electron chi connectivity index (χ0n) is 10.6. The Hall–Kier alpha value is -1.30. The predicted molar refractivity (Wildman–Crippen MR) is 66.3 cm³/mol. The topological polar surface area (TPSA) is 89.9 Å². The normalized spacial score (nSPS) is 18.9. The molecule has 0 aliphatic carbocycles. The molecule has 0 spiro atoms. The van der Waals surface area contributed by atoms with Gasteiger partial charge in [0.05, 0.1) is 0 Å². The van der Waals surface area contributed by atoms with Crippen LogP contribution >= 0.6 is 0 Å². The molecule has 6 heteroatoms. The Bertz CT molecular complexity index is 283. The van der Waals surface area contributed by atoms with E-state index >= 15 is 0 Å². The SMILES string of the molecule is O=C(O)CCCNC(=O)N1CCCC1CCCO. The molecule has 1 saturated heterocycles. The first-order valence-electron chi connectivity index (χ1n) is 6.52. The van der Waals surface area contributed by atoms with E-state index in [0.717, 1.165) is 25.8 Å². The van der Waals surface area contributed by atoms with Gasteiger partial charge in [-0.1, -0.05) is 0 Å². The van der Waals surface area contributed by atoms with Crippen molar-refractivity contribution >= 4 is 12.0 Å². The molecule has 0 radical (unpaired) electrons. The van der Waals surface area contributed by atoms with Crippen LogP contribution in [0.2, 0.25) is 0 Å². The van der Waals surface area contributed by atoms with E-state index in [9.17, 15) is 9.59 Å². The zero-order chi connectivity index (χ0) is 13.4. The standard InChI is InChI=1S/C12H22N2O4/c15-9-3-5-10-4-2-8-14(10)12(18)13-7-1-6-11(16)17/h10,15H,1-9H2,(H,13,18)(H,16,17). The van der Waals surface area contributed by atoms with Crippen LogP contribution in [0, 0.1) is 0 Å². The van der Waals surface area contributed by atoms with Crippen LogP contribution in [-0.4, -0.2) is 52.9 Å². The third-order valence-electron chi connectivity index (χ3n) is 3.18. The number of rotatable bonds is 7. The second kappa shape index (κ2) is 7.92. The number of urea groups is 1. The van der Waals surface area contributed by atoms with Crippen molar-refractivity contribution in [3.05, 3.63) is 0 Å². The number of carboxylic acids is 1. The molecule has 0 aromatic rings. The number of hydrogen-bond acceptors (Lipinski definition) is 3. The van der Waals surface area contributed by atoms with Gasteiger partial charge >= 0.3 is 12.0 Å². The Morgan fingerprint density at radius 3 is 2.78 bits per heavy atom. The molecule has 0 aromatic heterocycles. The summed E-state index contributed by atoms with van der Waals surface area (Å²) in [6.07, 6.45) is 4.07. The fourth-order valence-corrected chi connectivity index (χ4v) is 2.27. The van der Waals surface area contributed by atoms with Gasteiger partial charge in [0, 0.05) is 32.2 Å². The van der Waals surface area contributed by atoms with Crippen LogP contribution in [-0.2, 0) is 4.79 Å². The first kappa shape index (κ1) is 14.8.